The zero-order valence-electron chi connectivity index (χ0n) is 12.5. The molecular weight excluding hydrogens is 228 g/mol. The van der Waals surface area contributed by atoms with Crippen LogP contribution < -0.4 is 0 Å². The molecule has 0 saturated heterocycles. The average Bonchev–Trinajstić information content (AvgIpc) is 3.04. The summed E-state index contributed by atoms with van der Waals surface area (Å²) < 4.78 is 0. The third-order valence-corrected chi connectivity index (χ3v) is 4.04. The van der Waals surface area contributed by atoms with Gasteiger partial charge in [0.15, 0.2) is 0 Å². The maximum Gasteiger partial charge on any atom is -0.00262 e. The van der Waals surface area contributed by atoms with Gasteiger partial charge in [0.1, 0.15) is 0 Å². The lowest BCUT2D eigenvalue weighted by atomic mass is 9.93. The summed E-state index contributed by atoms with van der Waals surface area (Å²) in [5.74, 6) is 0. The second-order valence-electron chi connectivity index (χ2n) is 5.56. The van der Waals surface area contributed by atoms with Crippen molar-refractivity contribution in [1.29, 1.82) is 0 Å². The number of allylic oxidation sites excluding steroid dienone is 8. The third kappa shape index (κ3) is 3.96. The number of hydrogen-bond donors (Lipinski definition) is 0. The first-order valence-corrected chi connectivity index (χ1v) is 7.93. The van der Waals surface area contributed by atoms with E-state index < -0.39 is 0 Å². The highest BCUT2D eigenvalue weighted by Crippen LogP contribution is 2.34. The Labute approximate surface area is 119 Å². The Morgan fingerprint density at radius 2 is 1.32 bits per heavy atom. The van der Waals surface area contributed by atoms with Gasteiger partial charge in [-0.05, 0) is 79.4 Å². The fraction of sp³-hybridized carbons (Fsp3) is 0.579. The van der Waals surface area contributed by atoms with Crippen LogP contribution in [0.3, 0.4) is 0 Å². The van der Waals surface area contributed by atoms with Gasteiger partial charge in [-0.15, -0.1) is 0 Å². The van der Waals surface area contributed by atoms with Crippen LogP contribution in [0.5, 0.6) is 0 Å². The topological polar surface area (TPSA) is 0 Å². The quantitative estimate of drug-likeness (QED) is 0.507. The highest BCUT2D eigenvalue weighted by atomic mass is 14.2. The second kappa shape index (κ2) is 7.53. The van der Waals surface area contributed by atoms with Crippen LogP contribution in [-0.2, 0) is 0 Å². The first kappa shape index (κ1) is 14.4. The SMILES string of the molecule is CCCCC1=[C]CC=C1CC1=CC[C]=C1CCCC. The molecule has 0 saturated carbocycles. The first-order valence-electron chi connectivity index (χ1n) is 7.93. The lowest BCUT2D eigenvalue weighted by Gasteiger charge is -2.12. The molecule has 0 amide bonds. The molecule has 0 spiro atoms. The first-order chi connectivity index (χ1) is 9.35. The minimum atomic E-state index is 1.03. The van der Waals surface area contributed by atoms with E-state index in [0.717, 1.165) is 19.3 Å². The summed E-state index contributed by atoms with van der Waals surface area (Å²) in [6, 6.07) is 0. The maximum atomic E-state index is 3.54. The summed E-state index contributed by atoms with van der Waals surface area (Å²) in [5, 5.41) is 0. The molecule has 0 heterocycles. The van der Waals surface area contributed by atoms with Crippen LogP contribution in [0.15, 0.2) is 34.4 Å². The summed E-state index contributed by atoms with van der Waals surface area (Å²) in [4.78, 5) is 0. The number of unbranched alkanes of at least 4 members (excludes halogenated alkanes) is 2. The fourth-order valence-corrected chi connectivity index (χ4v) is 2.84. The lowest BCUT2D eigenvalue weighted by molar-refractivity contribution is 0.778. The van der Waals surface area contributed by atoms with Crippen molar-refractivity contribution in [2.24, 2.45) is 0 Å². The van der Waals surface area contributed by atoms with Crippen molar-refractivity contribution in [3.63, 3.8) is 0 Å². The van der Waals surface area contributed by atoms with Gasteiger partial charge in [0.2, 0.25) is 0 Å². The summed E-state index contributed by atoms with van der Waals surface area (Å²) in [6.07, 6.45) is 22.6. The Morgan fingerprint density at radius 1 is 0.842 bits per heavy atom. The third-order valence-electron chi connectivity index (χ3n) is 4.04. The van der Waals surface area contributed by atoms with Gasteiger partial charge in [0.25, 0.3) is 0 Å². The molecule has 0 aromatic heterocycles. The van der Waals surface area contributed by atoms with Crippen molar-refractivity contribution < 1.29 is 0 Å². The number of hydrogen-bond acceptors (Lipinski definition) is 0. The van der Waals surface area contributed by atoms with E-state index in [1.807, 2.05) is 0 Å². The van der Waals surface area contributed by atoms with E-state index >= 15 is 0 Å². The van der Waals surface area contributed by atoms with Crippen LogP contribution >= 0.6 is 0 Å². The summed E-state index contributed by atoms with van der Waals surface area (Å²) >= 11 is 0. The van der Waals surface area contributed by atoms with Gasteiger partial charge in [-0.25, -0.2) is 0 Å². The molecule has 2 radical (unpaired) electrons. The molecule has 0 aromatic rings. The zero-order valence-corrected chi connectivity index (χ0v) is 12.5. The predicted molar refractivity (Wildman–Crippen MR) is 82.6 cm³/mol. The second-order valence-corrected chi connectivity index (χ2v) is 5.56. The van der Waals surface area contributed by atoms with Crippen LogP contribution in [0, 0.1) is 12.2 Å². The summed E-state index contributed by atoms with van der Waals surface area (Å²) in [5.41, 5.74) is 6.06. The molecule has 0 fully saturated rings. The monoisotopic (exact) mass is 254 g/mol. The van der Waals surface area contributed by atoms with E-state index in [4.69, 9.17) is 0 Å². The van der Waals surface area contributed by atoms with E-state index in [2.05, 4.69) is 38.2 Å². The maximum absolute atomic E-state index is 3.54. The van der Waals surface area contributed by atoms with E-state index in [1.165, 1.54) is 60.8 Å². The lowest BCUT2D eigenvalue weighted by Crippen LogP contribution is -1.93. The normalized spacial score (nSPS) is 18.2. The minimum absolute atomic E-state index is 1.03. The Balaban J connectivity index is 1.91. The molecule has 0 aromatic carbocycles. The Hall–Kier alpha value is -1.04. The molecule has 0 nitrogen and oxygen atoms in total. The molecule has 0 heteroatoms. The number of rotatable bonds is 8. The van der Waals surface area contributed by atoms with Crippen molar-refractivity contribution in [1.82, 2.24) is 0 Å². The Morgan fingerprint density at radius 3 is 1.74 bits per heavy atom. The molecule has 2 rings (SSSR count). The van der Waals surface area contributed by atoms with Crippen molar-refractivity contribution in [3.8, 4) is 0 Å². The van der Waals surface area contributed by atoms with E-state index in [9.17, 15) is 0 Å². The predicted octanol–water partition coefficient (Wildman–Crippen LogP) is 5.88. The highest BCUT2D eigenvalue weighted by Gasteiger charge is 2.16. The molecule has 0 N–H and O–H groups in total. The Bertz CT molecular complexity index is 375. The molecule has 0 atom stereocenters. The van der Waals surface area contributed by atoms with Crippen LogP contribution in [0.2, 0.25) is 0 Å². The molecule has 2 aliphatic carbocycles. The summed E-state index contributed by atoms with van der Waals surface area (Å²) in [6.45, 7) is 4.53. The van der Waals surface area contributed by atoms with Crippen LogP contribution in [-0.4, -0.2) is 0 Å². The fourth-order valence-electron chi connectivity index (χ4n) is 2.84. The molecule has 19 heavy (non-hydrogen) atoms. The molecule has 102 valence electrons. The van der Waals surface area contributed by atoms with Crippen LogP contribution in [0.25, 0.3) is 0 Å². The van der Waals surface area contributed by atoms with E-state index in [1.54, 1.807) is 0 Å². The van der Waals surface area contributed by atoms with Gasteiger partial charge in [0, 0.05) is 0 Å². The highest BCUT2D eigenvalue weighted by molar-refractivity contribution is 5.44. The Kier molecular flexibility index (Phi) is 5.69. The zero-order chi connectivity index (χ0) is 13.5. The smallest absolute Gasteiger partial charge is 0.00262 e. The van der Waals surface area contributed by atoms with Crippen LogP contribution in [0.4, 0.5) is 0 Å². The minimum Gasteiger partial charge on any atom is -0.0763 e. The molecular formula is C19H26. The standard InChI is InChI=1S/C19H26/c1-3-5-9-16-11-7-13-18(16)15-19-14-8-12-17(19)10-6-4-2/h13-14H,3-10,15H2,1-2H3. The van der Waals surface area contributed by atoms with E-state index in [0.29, 0.717) is 0 Å². The van der Waals surface area contributed by atoms with E-state index in [-0.39, 0.29) is 0 Å². The molecule has 0 unspecified atom stereocenters. The molecule has 2 aliphatic rings. The largest absolute Gasteiger partial charge is 0.0763 e. The van der Waals surface area contributed by atoms with Gasteiger partial charge in [0.05, 0.1) is 0 Å². The van der Waals surface area contributed by atoms with Gasteiger partial charge in [-0.2, -0.15) is 0 Å². The van der Waals surface area contributed by atoms with Crippen molar-refractivity contribution in [2.75, 3.05) is 0 Å². The van der Waals surface area contributed by atoms with Gasteiger partial charge in [-0.1, -0.05) is 38.8 Å². The summed E-state index contributed by atoms with van der Waals surface area (Å²) in [7, 11) is 0. The van der Waals surface area contributed by atoms with Gasteiger partial charge in [-0.3, -0.25) is 0 Å². The molecule has 0 aliphatic heterocycles. The average molecular weight is 254 g/mol. The van der Waals surface area contributed by atoms with Crippen LogP contribution in [0.1, 0.15) is 71.6 Å². The molecule has 0 bridgehead atoms. The van der Waals surface area contributed by atoms with Gasteiger partial charge < -0.3 is 0 Å². The van der Waals surface area contributed by atoms with Gasteiger partial charge >= 0.3 is 0 Å². The van der Waals surface area contributed by atoms with Crippen molar-refractivity contribution in [2.45, 2.75) is 71.6 Å². The van der Waals surface area contributed by atoms with Crippen molar-refractivity contribution in [3.05, 3.63) is 46.6 Å². The van der Waals surface area contributed by atoms with Crippen molar-refractivity contribution >= 4 is 0 Å².